The van der Waals surface area contributed by atoms with Crippen molar-refractivity contribution in [2.24, 2.45) is 0 Å². The molecular weight excluding hydrogens is 302 g/mol. The molecule has 7 nitrogen and oxygen atoms in total. The first-order valence-corrected chi connectivity index (χ1v) is 8.86. The number of nitrogens with zero attached hydrogens (tertiary/aromatic N) is 3. The molecular formula is C14H17N5O2S. The van der Waals surface area contributed by atoms with E-state index in [2.05, 4.69) is 25.6 Å². The summed E-state index contributed by atoms with van der Waals surface area (Å²) in [6, 6.07) is 5.49. The van der Waals surface area contributed by atoms with Gasteiger partial charge in [0.1, 0.15) is 5.82 Å². The summed E-state index contributed by atoms with van der Waals surface area (Å²) in [6.07, 6.45) is 5.76. The standard InChI is InChI=1S/C14H17N5O2S/c20-22(21)7-4-12(10-22)18-13-3-6-16-14(19-13)17-9-11-2-1-5-15-8-11/h1-3,5-6,8,12H,4,7,9-10H2,(H2,16,17,18,19). The van der Waals surface area contributed by atoms with Gasteiger partial charge in [-0.15, -0.1) is 0 Å². The van der Waals surface area contributed by atoms with E-state index in [1.165, 1.54) is 0 Å². The molecule has 116 valence electrons. The summed E-state index contributed by atoms with van der Waals surface area (Å²) in [5.41, 5.74) is 1.03. The van der Waals surface area contributed by atoms with Gasteiger partial charge in [-0.1, -0.05) is 6.07 Å². The number of anilines is 2. The van der Waals surface area contributed by atoms with Gasteiger partial charge in [0, 0.05) is 31.2 Å². The lowest BCUT2D eigenvalue weighted by molar-refractivity contribution is 0.602. The van der Waals surface area contributed by atoms with Crippen LogP contribution in [0.1, 0.15) is 12.0 Å². The molecule has 2 aromatic rings. The summed E-state index contributed by atoms with van der Waals surface area (Å²) < 4.78 is 22.9. The van der Waals surface area contributed by atoms with Crippen LogP contribution in [0.25, 0.3) is 0 Å². The Balaban J connectivity index is 1.60. The van der Waals surface area contributed by atoms with Gasteiger partial charge < -0.3 is 10.6 Å². The topological polar surface area (TPSA) is 96.9 Å². The maximum absolute atomic E-state index is 11.5. The van der Waals surface area contributed by atoms with E-state index in [-0.39, 0.29) is 17.5 Å². The lowest BCUT2D eigenvalue weighted by Crippen LogP contribution is -2.21. The second-order valence-corrected chi connectivity index (χ2v) is 7.45. The average molecular weight is 319 g/mol. The smallest absolute Gasteiger partial charge is 0.224 e. The van der Waals surface area contributed by atoms with Gasteiger partial charge in [-0.2, -0.15) is 4.98 Å². The summed E-state index contributed by atoms with van der Waals surface area (Å²) in [5, 5.41) is 6.27. The fourth-order valence-corrected chi connectivity index (χ4v) is 4.00. The van der Waals surface area contributed by atoms with E-state index in [1.807, 2.05) is 12.1 Å². The normalized spacial score (nSPS) is 19.7. The zero-order valence-electron chi connectivity index (χ0n) is 11.9. The Morgan fingerprint density at radius 3 is 2.91 bits per heavy atom. The van der Waals surface area contributed by atoms with Gasteiger partial charge in [0.05, 0.1) is 11.5 Å². The summed E-state index contributed by atoms with van der Waals surface area (Å²) in [5.74, 6) is 1.53. The number of hydrogen-bond acceptors (Lipinski definition) is 7. The van der Waals surface area contributed by atoms with E-state index in [0.29, 0.717) is 24.7 Å². The summed E-state index contributed by atoms with van der Waals surface area (Å²) >= 11 is 0. The van der Waals surface area contributed by atoms with Crippen LogP contribution in [0.15, 0.2) is 36.8 Å². The Morgan fingerprint density at radius 1 is 1.27 bits per heavy atom. The number of pyridine rings is 1. The molecule has 0 saturated carbocycles. The SMILES string of the molecule is O=S1(=O)CCC(Nc2ccnc(NCc3cccnc3)n2)C1. The minimum atomic E-state index is -2.90. The third kappa shape index (κ3) is 3.91. The monoisotopic (exact) mass is 319 g/mol. The third-order valence-corrected chi connectivity index (χ3v) is 5.18. The highest BCUT2D eigenvalue weighted by molar-refractivity contribution is 7.91. The van der Waals surface area contributed by atoms with E-state index >= 15 is 0 Å². The Morgan fingerprint density at radius 2 is 2.18 bits per heavy atom. The minimum absolute atomic E-state index is 0.0777. The highest BCUT2D eigenvalue weighted by Crippen LogP contribution is 2.16. The van der Waals surface area contributed by atoms with Gasteiger partial charge >= 0.3 is 0 Å². The van der Waals surface area contributed by atoms with Crippen molar-refractivity contribution >= 4 is 21.6 Å². The second-order valence-electron chi connectivity index (χ2n) is 5.22. The van der Waals surface area contributed by atoms with Crippen LogP contribution < -0.4 is 10.6 Å². The number of sulfone groups is 1. The van der Waals surface area contributed by atoms with Crippen LogP contribution in [0, 0.1) is 0 Å². The molecule has 22 heavy (non-hydrogen) atoms. The largest absolute Gasteiger partial charge is 0.366 e. The van der Waals surface area contributed by atoms with Crippen molar-refractivity contribution in [2.75, 3.05) is 22.1 Å². The average Bonchev–Trinajstić information content (AvgIpc) is 2.85. The van der Waals surface area contributed by atoms with Crippen LogP contribution in [-0.2, 0) is 16.4 Å². The van der Waals surface area contributed by atoms with E-state index in [1.54, 1.807) is 24.7 Å². The second kappa shape index (κ2) is 6.27. The van der Waals surface area contributed by atoms with Crippen molar-refractivity contribution in [3.05, 3.63) is 42.4 Å². The van der Waals surface area contributed by atoms with E-state index in [4.69, 9.17) is 0 Å². The fourth-order valence-electron chi connectivity index (χ4n) is 2.33. The Bertz CT molecular complexity index is 736. The van der Waals surface area contributed by atoms with Gasteiger partial charge in [-0.05, 0) is 24.1 Å². The highest BCUT2D eigenvalue weighted by Gasteiger charge is 2.27. The van der Waals surface area contributed by atoms with Gasteiger partial charge in [-0.25, -0.2) is 13.4 Å². The van der Waals surface area contributed by atoms with Gasteiger partial charge in [-0.3, -0.25) is 4.98 Å². The van der Waals surface area contributed by atoms with Crippen LogP contribution >= 0.6 is 0 Å². The van der Waals surface area contributed by atoms with Gasteiger partial charge in [0.2, 0.25) is 5.95 Å². The van der Waals surface area contributed by atoms with Crippen LogP contribution in [0.4, 0.5) is 11.8 Å². The Labute approximate surface area is 129 Å². The summed E-state index contributed by atoms with van der Waals surface area (Å²) in [7, 11) is -2.90. The molecule has 0 aliphatic carbocycles. The first-order chi connectivity index (χ1) is 10.6. The number of rotatable bonds is 5. The fraction of sp³-hybridized carbons (Fsp3) is 0.357. The molecule has 1 atom stereocenters. The van der Waals surface area contributed by atoms with Crippen LogP contribution in [0.5, 0.6) is 0 Å². The molecule has 0 aromatic carbocycles. The predicted octanol–water partition coefficient (Wildman–Crippen LogP) is 1.08. The molecule has 1 fully saturated rings. The maximum Gasteiger partial charge on any atom is 0.224 e. The molecule has 3 heterocycles. The van der Waals surface area contributed by atoms with Crippen molar-refractivity contribution in [2.45, 2.75) is 19.0 Å². The number of aromatic nitrogens is 3. The molecule has 0 radical (unpaired) electrons. The molecule has 1 aliphatic rings. The molecule has 3 rings (SSSR count). The molecule has 2 aromatic heterocycles. The molecule has 0 bridgehead atoms. The summed E-state index contributed by atoms with van der Waals surface area (Å²) in [6.45, 7) is 0.578. The van der Waals surface area contributed by atoms with Crippen molar-refractivity contribution in [3.63, 3.8) is 0 Å². The minimum Gasteiger partial charge on any atom is -0.366 e. The molecule has 2 N–H and O–H groups in total. The molecule has 8 heteroatoms. The van der Waals surface area contributed by atoms with Crippen molar-refractivity contribution in [3.8, 4) is 0 Å². The third-order valence-electron chi connectivity index (χ3n) is 3.41. The lowest BCUT2D eigenvalue weighted by atomic mass is 10.2. The molecule has 1 aliphatic heterocycles. The van der Waals surface area contributed by atoms with E-state index in [0.717, 1.165) is 5.56 Å². The van der Waals surface area contributed by atoms with E-state index < -0.39 is 9.84 Å². The predicted molar refractivity (Wildman–Crippen MR) is 84.3 cm³/mol. The van der Waals surface area contributed by atoms with Crippen LogP contribution in [0.3, 0.4) is 0 Å². The van der Waals surface area contributed by atoms with E-state index in [9.17, 15) is 8.42 Å². The van der Waals surface area contributed by atoms with Gasteiger partial charge in [0.25, 0.3) is 0 Å². The molecule has 0 spiro atoms. The first-order valence-electron chi connectivity index (χ1n) is 7.03. The van der Waals surface area contributed by atoms with Crippen LogP contribution in [0.2, 0.25) is 0 Å². The Hall–Kier alpha value is -2.22. The van der Waals surface area contributed by atoms with Crippen LogP contribution in [-0.4, -0.2) is 40.9 Å². The van der Waals surface area contributed by atoms with Crippen molar-refractivity contribution in [1.29, 1.82) is 0 Å². The first kappa shape index (κ1) is 14.7. The van der Waals surface area contributed by atoms with Gasteiger partial charge in [0.15, 0.2) is 9.84 Å². The Kier molecular flexibility index (Phi) is 4.19. The highest BCUT2D eigenvalue weighted by atomic mass is 32.2. The molecule has 0 amide bonds. The lowest BCUT2D eigenvalue weighted by Gasteiger charge is -2.12. The molecule has 1 unspecified atom stereocenters. The maximum atomic E-state index is 11.5. The quantitative estimate of drug-likeness (QED) is 0.851. The van der Waals surface area contributed by atoms with Crippen molar-refractivity contribution in [1.82, 2.24) is 15.0 Å². The zero-order valence-corrected chi connectivity index (χ0v) is 12.8. The zero-order chi connectivity index (χ0) is 15.4. The van der Waals surface area contributed by atoms with Crippen molar-refractivity contribution < 1.29 is 8.42 Å². The molecule has 1 saturated heterocycles. The summed E-state index contributed by atoms with van der Waals surface area (Å²) in [4.78, 5) is 12.6. The number of nitrogens with one attached hydrogen (secondary N) is 2. The number of hydrogen-bond donors (Lipinski definition) is 2.